The Morgan fingerprint density at radius 1 is 0.885 bits per heavy atom. The average molecular weight is 749 g/mol. The molecule has 0 aromatic heterocycles. The van der Waals surface area contributed by atoms with Crippen LogP contribution in [0.4, 0.5) is 5.69 Å². The Labute approximate surface area is 318 Å². The molecular formula is C43H51Cl2NO6. The third-order valence-corrected chi connectivity index (χ3v) is 12.2. The molecule has 0 bridgehead atoms. The van der Waals surface area contributed by atoms with Crippen molar-refractivity contribution in [3.8, 4) is 5.75 Å². The molecule has 2 fully saturated rings. The van der Waals surface area contributed by atoms with Crippen LogP contribution in [-0.2, 0) is 31.9 Å². The lowest BCUT2D eigenvalue weighted by atomic mass is 9.55. The molecule has 9 heteroatoms. The second-order valence-corrected chi connectivity index (χ2v) is 15.7. The van der Waals surface area contributed by atoms with Crippen LogP contribution in [0.15, 0.2) is 66.7 Å². The molecule has 0 heterocycles. The van der Waals surface area contributed by atoms with Crippen LogP contribution in [0.5, 0.6) is 5.75 Å². The number of benzene rings is 3. The molecule has 5 atom stereocenters. The maximum atomic E-state index is 13.0. The largest absolute Gasteiger partial charge is 0.465 e. The van der Waals surface area contributed by atoms with Gasteiger partial charge in [-0.05, 0) is 135 Å². The maximum absolute atomic E-state index is 13.0. The third-order valence-electron chi connectivity index (χ3n) is 11.8. The lowest BCUT2D eigenvalue weighted by Gasteiger charge is -2.50. The van der Waals surface area contributed by atoms with Crippen LogP contribution in [0.1, 0.15) is 96.8 Å². The van der Waals surface area contributed by atoms with Gasteiger partial charge in [-0.25, -0.2) is 4.79 Å². The van der Waals surface area contributed by atoms with E-state index in [1.807, 2.05) is 24.3 Å². The number of hydrogen-bond donors (Lipinski definition) is 0. The molecule has 2 saturated carbocycles. The van der Waals surface area contributed by atoms with Crippen molar-refractivity contribution in [3.05, 3.63) is 94.5 Å². The molecule has 6 rings (SSSR count). The standard InChI is InChI=1S/C43H51Cl2NO6/c1-29-27-34(51-42(49)31-8-4-3-5-9-31)28-32-13-16-35-36(41(29)32)19-21-43(2)37(35)17-18-38(43)52-40(48)20-26-50-39(47)10-6-7-30-11-14-33(15-12-30)46(24-22-44)25-23-45/h3-5,8-9,11-12,14-15,27-28,35-38H,6-7,10,13,16-26H2,1-2H3/t35-,36+,37+,38+,43+/m1/s1. The minimum atomic E-state index is -0.338. The lowest BCUT2D eigenvalue weighted by Crippen LogP contribution is -2.45. The monoisotopic (exact) mass is 747 g/mol. The topological polar surface area (TPSA) is 82.1 Å². The Hall–Kier alpha value is -3.55. The Morgan fingerprint density at radius 2 is 1.63 bits per heavy atom. The van der Waals surface area contributed by atoms with Gasteiger partial charge in [-0.1, -0.05) is 37.3 Å². The summed E-state index contributed by atoms with van der Waals surface area (Å²) in [6.07, 6.45) is 7.69. The summed E-state index contributed by atoms with van der Waals surface area (Å²) in [5, 5.41) is 0. The molecule has 0 N–H and O–H groups in total. The summed E-state index contributed by atoms with van der Waals surface area (Å²) < 4.78 is 17.3. The number of carbonyl (C=O) groups is 3. The van der Waals surface area contributed by atoms with Gasteiger partial charge in [0.1, 0.15) is 18.5 Å². The number of fused-ring (bicyclic) bond motifs is 5. The van der Waals surface area contributed by atoms with E-state index in [0.29, 0.717) is 53.7 Å². The van der Waals surface area contributed by atoms with E-state index in [1.54, 1.807) is 12.1 Å². The molecule has 0 radical (unpaired) electrons. The highest BCUT2D eigenvalue weighted by molar-refractivity contribution is 6.18. The van der Waals surface area contributed by atoms with E-state index >= 15 is 0 Å². The molecule has 3 aliphatic rings. The van der Waals surface area contributed by atoms with Crippen molar-refractivity contribution in [2.24, 2.45) is 17.3 Å². The summed E-state index contributed by atoms with van der Waals surface area (Å²) in [5.41, 5.74) is 6.61. The number of carbonyl (C=O) groups excluding carboxylic acids is 3. The SMILES string of the molecule is Cc1cc(OC(=O)c2ccccc2)cc2c1[C@H]1CC[C@]3(C)[C@@H](OC(=O)CCOC(=O)CCCc4ccc(N(CCCl)CCCl)cc4)CC[C@H]3[C@@H]1CC2. The fourth-order valence-corrected chi connectivity index (χ4v) is 9.72. The van der Waals surface area contributed by atoms with E-state index < -0.39 is 0 Å². The number of halogens is 2. The minimum absolute atomic E-state index is 0.0413. The van der Waals surface area contributed by atoms with Crippen LogP contribution >= 0.6 is 23.2 Å². The number of aryl methyl sites for hydroxylation is 3. The first-order chi connectivity index (χ1) is 25.2. The summed E-state index contributed by atoms with van der Waals surface area (Å²) in [6, 6.07) is 21.5. The molecule has 278 valence electrons. The highest BCUT2D eigenvalue weighted by atomic mass is 35.5. The quantitative estimate of drug-likeness (QED) is 0.0871. The fraction of sp³-hybridized carbons (Fsp3) is 0.512. The van der Waals surface area contributed by atoms with E-state index in [2.05, 4.69) is 49.1 Å². The van der Waals surface area contributed by atoms with Crippen LogP contribution in [-0.4, -0.2) is 55.5 Å². The van der Waals surface area contributed by atoms with E-state index in [-0.39, 0.29) is 42.5 Å². The van der Waals surface area contributed by atoms with Crippen molar-refractivity contribution in [2.45, 2.75) is 90.1 Å². The molecule has 3 aromatic carbocycles. The van der Waals surface area contributed by atoms with Gasteiger partial charge in [0, 0.05) is 42.4 Å². The Balaban J connectivity index is 0.945. The zero-order chi connectivity index (χ0) is 36.7. The summed E-state index contributed by atoms with van der Waals surface area (Å²) in [7, 11) is 0. The molecular weight excluding hydrogens is 697 g/mol. The summed E-state index contributed by atoms with van der Waals surface area (Å²) in [6.45, 7) is 5.98. The number of ether oxygens (including phenoxy) is 3. The predicted octanol–water partition coefficient (Wildman–Crippen LogP) is 9.22. The molecule has 0 spiro atoms. The number of anilines is 1. The summed E-state index contributed by atoms with van der Waals surface area (Å²) in [5.74, 6) is 2.24. The Bertz CT molecular complexity index is 1690. The van der Waals surface area contributed by atoms with E-state index in [1.165, 1.54) is 16.7 Å². The second-order valence-electron chi connectivity index (χ2n) is 14.9. The van der Waals surface area contributed by atoms with Gasteiger partial charge in [0.2, 0.25) is 0 Å². The lowest BCUT2D eigenvalue weighted by molar-refractivity contribution is -0.160. The van der Waals surface area contributed by atoms with Crippen LogP contribution < -0.4 is 9.64 Å². The highest BCUT2D eigenvalue weighted by Crippen LogP contribution is 2.62. The molecule has 0 saturated heterocycles. The molecule has 52 heavy (non-hydrogen) atoms. The van der Waals surface area contributed by atoms with Gasteiger partial charge in [-0.15, -0.1) is 23.2 Å². The fourth-order valence-electron chi connectivity index (χ4n) is 9.31. The first-order valence-electron chi connectivity index (χ1n) is 18.9. The normalized spacial score (nSPS) is 23.2. The van der Waals surface area contributed by atoms with Crippen LogP contribution in [0.25, 0.3) is 0 Å². The predicted molar refractivity (Wildman–Crippen MR) is 206 cm³/mol. The summed E-state index contributed by atoms with van der Waals surface area (Å²) >= 11 is 11.9. The molecule has 7 nitrogen and oxygen atoms in total. The van der Waals surface area contributed by atoms with Crippen molar-refractivity contribution in [1.29, 1.82) is 0 Å². The first kappa shape index (κ1) is 38.2. The number of esters is 3. The van der Waals surface area contributed by atoms with Gasteiger partial charge in [0.25, 0.3) is 0 Å². The number of rotatable bonds is 15. The minimum Gasteiger partial charge on any atom is -0.465 e. The molecule has 0 amide bonds. The van der Waals surface area contributed by atoms with E-state index in [4.69, 9.17) is 37.4 Å². The van der Waals surface area contributed by atoms with Crippen LogP contribution in [0, 0.1) is 24.2 Å². The van der Waals surface area contributed by atoms with Crippen LogP contribution in [0.3, 0.4) is 0 Å². The Kier molecular flexibility index (Phi) is 12.9. The van der Waals surface area contributed by atoms with Gasteiger partial charge in [-0.2, -0.15) is 0 Å². The van der Waals surface area contributed by atoms with Crippen molar-refractivity contribution in [1.82, 2.24) is 0 Å². The van der Waals surface area contributed by atoms with Gasteiger partial charge in [0.05, 0.1) is 12.0 Å². The average Bonchev–Trinajstić information content (AvgIpc) is 3.47. The smallest absolute Gasteiger partial charge is 0.343 e. The molecule has 3 aliphatic carbocycles. The number of nitrogens with zero attached hydrogens (tertiary/aromatic N) is 1. The van der Waals surface area contributed by atoms with Gasteiger partial charge >= 0.3 is 17.9 Å². The molecule has 0 aliphatic heterocycles. The number of hydrogen-bond acceptors (Lipinski definition) is 7. The summed E-state index contributed by atoms with van der Waals surface area (Å²) in [4.78, 5) is 40.3. The molecule has 3 aromatic rings. The van der Waals surface area contributed by atoms with E-state index in [0.717, 1.165) is 69.3 Å². The van der Waals surface area contributed by atoms with Crippen molar-refractivity contribution in [2.75, 3.05) is 36.4 Å². The van der Waals surface area contributed by atoms with Crippen molar-refractivity contribution >= 4 is 46.8 Å². The zero-order valence-corrected chi connectivity index (χ0v) is 31.9. The van der Waals surface area contributed by atoms with Crippen LogP contribution in [0.2, 0.25) is 0 Å². The highest BCUT2D eigenvalue weighted by Gasteiger charge is 2.56. The van der Waals surface area contributed by atoms with Crippen molar-refractivity contribution < 1.29 is 28.6 Å². The van der Waals surface area contributed by atoms with Gasteiger partial charge in [0.15, 0.2) is 0 Å². The second kappa shape index (κ2) is 17.5. The Morgan fingerprint density at radius 3 is 2.37 bits per heavy atom. The van der Waals surface area contributed by atoms with Gasteiger partial charge < -0.3 is 19.1 Å². The molecule has 0 unspecified atom stereocenters. The number of alkyl halides is 2. The zero-order valence-electron chi connectivity index (χ0n) is 30.4. The third kappa shape index (κ3) is 8.80. The van der Waals surface area contributed by atoms with Crippen molar-refractivity contribution in [3.63, 3.8) is 0 Å². The van der Waals surface area contributed by atoms with E-state index in [9.17, 15) is 14.4 Å². The first-order valence-corrected chi connectivity index (χ1v) is 20.0. The van der Waals surface area contributed by atoms with Gasteiger partial charge in [-0.3, -0.25) is 9.59 Å². The maximum Gasteiger partial charge on any atom is 0.343 e.